The second-order valence-electron chi connectivity index (χ2n) is 6.81. The summed E-state index contributed by atoms with van der Waals surface area (Å²) in [4.78, 5) is 0. The molecule has 5 nitrogen and oxygen atoms in total. The summed E-state index contributed by atoms with van der Waals surface area (Å²) in [6.07, 6.45) is 1.78. The van der Waals surface area contributed by atoms with Gasteiger partial charge in [0.1, 0.15) is 12.4 Å². The highest BCUT2D eigenvalue weighted by atomic mass is 35.5. The Morgan fingerprint density at radius 1 is 0.935 bits per heavy atom. The maximum Gasteiger partial charge on any atom is 0.212 e. The van der Waals surface area contributed by atoms with E-state index in [2.05, 4.69) is 27.4 Å². The standard InChI is InChI=1S/C24H21ClN4OS/c1-18-27-28-24(31-17-20-7-3-2-4-8-20)29(18)26-15-21-9-5-6-10-23(21)30-16-19-11-13-22(25)14-12-19/h2-15H,16-17H2,1H3/b26-15+. The number of aromatic nitrogens is 3. The quantitative estimate of drug-likeness (QED) is 0.245. The number of benzene rings is 3. The molecule has 4 aromatic rings. The van der Waals surface area contributed by atoms with Crippen LogP contribution in [-0.4, -0.2) is 21.1 Å². The highest BCUT2D eigenvalue weighted by Gasteiger charge is 2.09. The molecule has 0 amide bonds. The van der Waals surface area contributed by atoms with Crippen LogP contribution in [0.25, 0.3) is 0 Å². The lowest BCUT2D eigenvalue weighted by Gasteiger charge is -2.09. The van der Waals surface area contributed by atoms with E-state index in [9.17, 15) is 0 Å². The average Bonchev–Trinajstić information content (AvgIpc) is 3.16. The van der Waals surface area contributed by atoms with E-state index in [-0.39, 0.29) is 0 Å². The van der Waals surface area contributed by atoms with Gasteiger partial charge in [-0.3, -0.25) is 0 Å². The van der Waals surface area contributed by atoms with Crippen molar-refractivity contribution in [3.05, 3.63) is 106 Å². The largest absolute Gasteiger partial charge is 0.488 e. The van der Waals surface area contributed by atoms with Crippen molar-refractivity contribution in [1.29, 1.82) is 0 Å². The van der Waals surface area contributed by atoms with E-state index in [1.165, 1.54) is 5.56 Å². The van der Waals surface area contributed by atoms with E-state index in [4.69, 9.17) is 16.3 Å². The summed E-state index contributed by atoms with van der Waals surface area (Å²) in [6.45, 7) is 2.34. The smallest absolute Gasteiger partial charge is 0.212 e. The molecule has 0 N–H and O–H groups in total. The van der Waals surface area contributed by atoms with Crippen LogP contribution in [0.1, 0.15) is 22.5 Å². The fourth-order valence-electron chi connectivity index (χ4n) is 2.86. The van der Waals surface area contributed by atoms with E-state index in [0.29, 0.717) is 11.6 Å². The number of hydrogen-bond acceptors (Lipinski definition) is 5. The van der Waals surface area contributed by atoms with Crippen LogP contribution < -0.4 is 4.74 Å². The average molecular weight is 449 g/mol. The molecule has 0 bridgehead atoms. The molecule has 156 valence electrons. The van der Waals surface area contributed by atoms with E-state index < -0.39 is 0 Å². The normalized spacial score (nSPS) is 11.2. The highest BCUT2D eigenvalue weighted by molar-refractivity contribution is 7.98. The number of nitrogens with zero attached hydrogens (tertiary/aromatic N) is 4. The third kappa shape index (κ3) is 5.75. The van der Waals surface area contributed by atoms with Crippen molar-refractivity contribution in [3.8, 4) is 5.75 Å². The predicted octanol–water partition coefficient (Wildman–Crippen LogP) is 5.99. The molecule has 1 heterocycles. The summed E-state index contributed by atoms with van der Waals surface area (Å²) in [5.41, 5.74) is 3.15. The van der Waals surface area contributed by atoms with Gasteiger partial charge < -0.3 is 4.74 Å². The molecule has 0 fully saturated rings. The van der Waals surface area contributed by atoms with Gasteiger partial charge in [0.15, 0.2) is 5.82 Å². The number of ether oxygens (including phenoxy) is 1. The van der Waals surface area contributed by atoms with Crippen LogP contribution in [0.4, 0.5) is 0 Å². The van der Waals surface area contributed by atoms with Crippen LogP contribution in [0.5, 0.6) is 5.75 Å². The Hall–Kier alpha value is -3.09. The van der Waals surface area contributed by atoms with Gasteiger partial charge in [-0.2, -0.15) is 9.78 Å². The molecular weight excluding hydrogens is 428 g/mol. The SMILES string of the molecule is Cc1nnc(SCc2ccccc2)n1/N=C/c1ccccc1OCc1ccc(Cl)cc1. The van der Waals surface area contributed by atoms with Crippen LogP contribution in [0.3, 0.4) is 0 Å². The Morgan fingerprint density at radius 3 is 2.48 bits per heavy atom. The molecule has 31 heavy (non-hydrogen) atoms. The van der Waals surface area contributed by atoms with Gasteiger partial charge >= 0.3 is 0 Å². The fraction of sp³-hybridized carbons (Fsp3) is 0.125. The van der Waals surface area contributed by atoms with Gasteiger partial charge in [0.2, 0.25) is 5.16 Å². The van der Waals surface area contributed by atoms with Crippen molar-refractivity contribution < 1.29 is 4.74 Å². The van der Waals surface area contributed by atoms with Crippen molar-refractivity contribution in [1.82, 2.24) is 14.9 Å². The van der Waals surface area contributed by atoms with Crippen LogP contribution in [0.15, 0.2) is 89.1 Å². The predicted molar refractivity (Wildman–Crippen MR) is 126 cm³/mol. The maximum atomic E-state index is 6.02. The number of para-hydroxylation sites is 1. The lowest BCUT2D eigenvalue weighted by molar-refractivity contribution is 0.306. The van der Waals surface area contributed by atoms with Gasteiger partial charge in [0.25, 0.3) is 0 Å². The van der Waals surface area contributed by atoms with Crippen molar-refractivity contribution in [2.24, 2.45) is 5.10 Å². The molecule has 7 heteroatoms. The highest BCUT2D eigenvalue weighted by Crippen LogP contribution is 2.23. The van der Waals surface area contributed by atoms with Crippen LogP contribution >= 0.6 is 23.4 Å². The maximum absolute atomic E-state index is 6.02. The van der Waals surface area contributed by atoms with Gasteiger partial charge in [0.05, 0.1) is 6.21 Å². The zero-order chi connectivity index (χ0) is 21.5. The lowest BCUT2D eigenvalue weighted by Crippen LogP contribution is -2.00. The number of halogens is 1. The molecule has 0 aliphatic heterocycles. The third-order valence-corrected chi connectivity index (χ3v) is 5.76. The summed E-state index contributed by atoms with van der Waals surface area (Å²) in [7, 11) is 0. The number of thioether (sulfide) groups is 1. The van der Waals surface area contributed by atoms with Gasteiger partial charge in [0, 0.05) is 16.3 Å². The first-order valence-corrected chi connectivity index (χ1v) is 11.1. The van der Waals surface area contributed by atoms with Crippen molar-refractivity contribution in [3.63, 3.8) is 0 Å². The summed E-state index contributed by atoms with van der Waals surface area (Å²) in [5, 5.41) is 14.5. The summed E-state index contributed by atoms with van der Waals surface area (Å²) in [5.74, 6) is 2.28. The molecule has 0 atom stereocenters. The van der Waals surface area contributed by atoms with Crippen LogP contribution in [0.2, 0.25) is 5.02 Å². The van der Waals surface area contributed by atoms with Crippen molar-refractivity contribution in [2.75, 3.05) is 0 Å². The Morgan fingerprint density at radius 2 is 1.68 bits per heavy atom. The molecule has 1 aromatic heterocycles. The number of rotatable bonds is 8. The molecule has 0 unspecified atom stereocenters. The molecule has 0 spiro atoms. The van der Waals surface area contributed by atoms with E-state index >= 15 is 0 Å². The van der Waals surface area contributed by atoms with Crippen molar-refractivity contribution >= 4 is 29.6 Å². The molecule has 0 saturated carbocycles. The van der Waals surface area contributed by atoms with Gasteiger partial charge in [-0.1, -0.05) is 78.0 Å². The second-order valence-corrected chi connectivity index (χ2v) is 8.19. The second kappa shape index (κ2) is 10.3. The minimum Gasteiger partial charge on any atom is -0.488 e. The molecule has 0 radical (unpaired) electrons. The summed E-state index contributed by atoms with van der Waals surface area (Å²) in [6, 6.07) is 25.7. The van der Waals surface area contributed by atoms with E-state index in [1.807, 2.05) is 73.7 Å². The molecule has 0 aliphatic carbocycles. The van der Waals surface area contributed by atoms with Crippen molar-refractivity contribution in [2.45, 2.75) is 24.4 Å². The Bertz CT molecular complexity index is 1160. The first kappa shape index (κ1) is 21.2. The first-order valence-electron chi connectivity index (χ1n) is 9.78. The summed E-state index contributed by atoms with van der Waals surface area (Å²) < 4.78 is 7.77. The zero-order valence-corrected chi connectivity index (χ0v) is 18.6. The van der Waals surface area contributed by atoms with Gasteiger partial charge in [-0.15, -0.1) is 10.2 Å². The van der Waals surface area contributed by atoms with E-state index in [0.717, 1.165) is 33.6 Å². The topological polar surface area (TPSA) is 52.3 Å². The fourth-order valence-corrected chi connectivity index (χ4v) is 3.88. The first-order chi connectivity index (χ1) is 15.2. The summed E-state index contributed by atoms with van der Waals surface area (Å²) >= 11 is 7.56. The monoisotopic (exact) mass is 448 g/mol. The number of aryl methyl sites for hydroxylation is 1. The zero-order valence-electron chi connectivity index (χ0n) is 17.0. The molecular formula is C24H21ClN4OS. The third-order valence-electron chi connectivity index (χ3n) is 4.52. The van der Waals surface area contributed by atoms with Gasteiger partial charge in [-0.05, 0) is 42.3 Å². The molecule has 0 aliphatic rings. The Kier molecular flexibility index (Phi) is 7.02. The Balaban J connectivity index is 1.47. The molecule has 0 saturated heterocycles. The molecule has 3 aromatic carbocycles. The minimum atomic E-state index is 0.450. The van der Waals surface area contributed by atoms with Crippen LogP contribution in [0, 0.1) is 6.92 Å². The number of hydrogen-bond donors (Lipinski definition) is 0. The van der Waals surface area contributed by atoms with Gasteiger partial charge in [-0.25, -0.2) is 0 Å². The lowest BCUT2D eigenvalue weighted by atomic mass is 10.2. The van der Waals surface area contributed by atoms with Crippen LogP contribution in [-0.2, 0) is 12.4 Å². The Labute approximate surface area is 190 Å². The minimum absolute atomic E-state index is 0.450. The van der Waals surface area contributed by atoms with E-state index in [1.54, 1.807) is 22.7 Å². The molecule has 4 rings (SSSR count).